The van der Waals surface area contributed by atoms with E-state index in [1.807, 2.05) is 18.2 Å². The SMILES string of the molecule is CC(C)(C)C1CCC(C[Se]c2ccccc2)(N([O-])O)CC1. The van der Waals surface area contributed by atoms with Gasteiger partial charge in [-0.05, 0) is 0 Å². The molecule has 1 aromatic rings. The molecule has 1 aliphatic carbocycles. The molecule has 4 heteroatoms. The van der Waals surface area contributed by atoms with Crippen LogP contribution in [0.4, 0.5) is 0 Å². The van der Waals surface area contributed by atoms with Gasteiger partial charge in [-0.1, -0.05) is 0 Å². The van der Waals surface area contributed by atoms with Crippen molar-refractivity contribution in [3.63, 3.8) is 0 Å². The van der Waals surface area contributed by atoms with Gasteiger partial charge in [0.25, 0.3) is 0 Å². The van der Waals surface area contributed by atoms with Crippen LogP contribution in [0.15, 0.2) is 30.3 Å². The zero-order valence-corrected chi connectivity index (χ0v) is 14.9. The Hall–Kier alpha value is -0.381. The number of nitrogens with zero attached hydrogens (tertiary/aromatic N) is 1. The molecule has 0 atom stereocenters. The summed E-state index contributed by atoms with van der Waals surface area (Å²) in [6, 6.07) is 10.3. The summed E-state index contributed by atoms with van der Waals surface area (Å²) in [5, 5.41) is 22.5. The number of hydrogen-bond donors (Lipinski definition) is 1. The monoisotopic (exact) mass is 356 g/mol. The molecule has 1 aromatic carbocycles. The van der Waals surface area contributed by atoms with Gasteiger partial charge in [-0.2, -0.15) is 0 Å². The maximum absolute atomic E-state index is 11.8. The molecule has 1 N–H and O–H groups in total. The van der Waals surface area contributed by atoms with Crippen LogP contribution in [0.2, 0.25) is 5.32 Å². The Labute approximate surface area is 134 Å². The minimum atomic E-state index is -0.558. The average Bonchev–Trinajstić information content (AvgIpc) is 2.45. The van der Waals surface area contributed by atoms with E-state index < -0.39 is 5.54 Å². The summed E-state index contributed by atoms with van der Waals surface area (Å²) in [5.74, 6) is 0.648. The van der Waals surface area contributed by atoms with E-state index in [4.69, 9.17) is 0 Å². The number of hydrogen-bond acceptors (Lipinski definition) is 3. The van der Waals surface area contributed by atoms with E-state index in [-0.39, 0.29) is 20.2 Å². The molecule has 21 heavy (non-hydrogen) atoms. The summed E-state index contributed by atoms with van der Waals surface area (Å²) in [6.07, 6.45) is 3.69. The molecule has 0 unspecified atom stereocenters. The predicted molar refractivity (Wildman–Crippen MR) is 87.8 cm³/mol. The molecule has 0 amide bonds. The van der Waals surface area contributed by atoms with Crippen molar-refractivity contribution in [1.82, 2.24) is 5.23 Å². The first kappa shape index (κ1) is 17.0. The molecule has 1 saturated carbocycles. The number of benzene rings is 1. The molecule has 2 rings (SSSR count). The first-order chi connectivity index (χ1) is 9.83. The summed E-state index contributed by atoms with van der Waals surface area (Å²) in [7, 11) is 0. The molecule has 3 nitrogen and oxygen atoms in total. The Morgan fingerprint density at radius 1 is 1.24 bits per heavy atom. The molecule has 0 spiro atoms. The fourth-order valence-corrected chi connectivity index (χ4v) is 5.63. The van der Waals surface area contributed by atoms with Gasteiger partial charge in [0.1, 0.15) is 0 Å². The summed E-state index contributed by atoms with van der Waals surface area (Å²) >= 11 is 0.237. The zero-order valence-electron chi connectivity index (χ0n) is 13.2. The van der Waals surface area contributed by atoms with E-state index in [0.717, 1.165) is 31.0 Å². The molecular formula is C17H26NO2Se-. The van der Waals surface area contributed by atoms with Crippen molar-refractivity contribution >= 4 is 19.4 Å². The topological polar surface area (TPSA) is 46.5 Å². The average molecular weight is 355 g/mol. The molecule has 0 heterocycles. The molecule has 0 saturated heterocycles. The molecule has 0 radical (unpaired) electrons. The molecular weight excluding hydrogens is 329 g/mol. The zero-order chi connectivity index (χ0) is 15.5. The van der Waals surface area contributed by atoms with Crippen molar-refractivity contribution in [1.29, 1.82) is 0 Å². The van der Waals surface area contributed by atoms with Crippen LogP contribution in [0, 0.1) is 16.5 Å². The van der Waals surface area contributed by atoms with Gasteiger partial charge >= 0.3 is 134 Å². The fraction of sp³-hybridized carbons (Fsp3) is 0.647. The molecule has 1 fully saturated rings. The Kier molecular flexibility index (Phi) is 5.50. The van der Waals surface area contributed by atoms with E-state index in [1.54, 1.807) is 0 Å². The summed E-state index contributed by atoms with van der Waals surface area (Å²) < 4.78 is 1.30. The summed E-state index contributed by atoms with van der Waals surface area (Å²) in [6.45, 7) is 6.81. The van der Waals surface area contributed by atoms with Gasteiger partial charge in [0.15, 0.2) is 0 Å². The second kappa shape index (κ2) is 6.80. The van der Waals surface area contributed by atoms with Crippen LogP contribution < -0.4 is 4.46 Å². The maximum atomic E-state index is 11.8. The normalized spacial score (nSPS) is 27.0. The van der Waals surface area contributed by atoms with Crippen molar-refractivity contribution in [2.24, 2.45) is 11.3 Å². The summed E-state index contributed by atoms with van der Waals surface area (Å²) in [5.41, 5.74) is -0.266. The Morgan fingerprint density at radius 3 is 2.29 bits per heavy atom. The van der Waals surface area contributed by atoms with Gasteiger partial charge in [0.05, 0.1) is 0 Å². The number of hydroxylamine groups is 2. The standard InChI is InChI=1S/C17H26NO2Se/c1-16(2,3)14-9-11-17(12-10-14,18(19)20)13-21-15-7-5-4-6-8-15/h4-8,14,19H,9-13H2,1-3H3/q-1. The fourth-order valence-electron chi connectivity index (χ4n) is 3.15. The molecule has 118 valence electrons. The molecule has 0 bridgehead atoms. The first-order valence-corrected chi connectivity index (χ1v) is 9.74. The van der Waals surface area contributed by atoms with Gasteiger partial charge in [-0.25, -0.2) is 0 Å². The van der Waals surface area contributed by atoms with Crippen LogP contribution in [-0.4, -0.2) is 30.9 Å². The molecule has 1 aliphatic rings. The van der Waals surface area contributed by atoms with Crippen LogP contribution in [-0.2, 0) is 0 Å². The van der Waals surface area contributed by atoms with Crippen molar-refractivity contribution in [3.8, 4) is 0 Å². The first-order valence-electron chi connectivity index (χ1n) is 7.68. The van der Waals surface area contributed by atoms with E-state index in [0.29, 0.717) is 11.3 Å². The van der Waals surface area contributed by atoms with Crippen molar-refractivity contribution in [2.75, 3.05) is 0 Å². The third kappa shape index (κ3) is 4.30. The van der Waals surface area contributed by atoms with Crippen LogP contribution in [0.3, 0.4) is 0 Å². The summed E-state index contributed by atoms with van der Waals surface area (Å²) in [4.78, 5) is 0. The van der Waals surface area contributed by atoms with Crippen molar-refractivity contribution in [2.45, 2.75) is 57.3 Å². The van der Waals surface area contributed by atoms with Crippen molar-refractivity contribution < 1.29 is 5.21 Å². The van der Waals surface area contributed by atoms with E-state index in [9.17, 15) is 10.4 Å². The molecule has 0 aromatic heterocycles. The Balaban J connectivity index is 1.99. The third-order valence-electron chi connectivity index (χ3n) is 4.80. The van der Waals surface area contributed by atoms with E-state index >= 15 is 0 Å². The minimum absolute atomic E-state index is 0.237. The number of rotatable bonds is 4. The van der Waals surface area contributed by atoms with E-state index in [1.165, 1.54) is 4.46 Å². The van der Waals surface area contributed by atoms with E-state index in [2.05, 4.69) is 32.9 Å². The van der Waals surface area contributed by atoms with Gasteiger partial charge in [0.2, 0.25) is 0 Å². The van der Waals surface area contributed by atoms with Crippen LogP contribution in [0.5, 0.6) is 0 Å². The second-order valence-corrected chi connectivity index (χ2v) is 9.44. The second-order valence-electron chi connectivity index (χ2n) is 7.24. The van der Waals surface area contributed by atoms with Crippen LogP contribution in [0.25, 0.3) is 0 Å². The van der Waals surface area contributed by atoms with Crippen LogP contribution >= 0.6 is 0 Å². The van der Waals surface area contributed by atoms with Gasteiger partial charge < -0.3 is 0 Å². The van der Waals surface area contributed by atoms with Gasteiger partial charge in [-0.3, -0.25) is 0 Å². The quantitative estimate of drug-likeness (QED) is 0.663. The van der Waals surface area contributed by atoms with Gasteiger partial charge in [-0.15, -0.1) is 0 Å². The predicted octanol–water partition coefficient (Wildman–Crippen LogP) is 3.60. The molecule has 0 aliphatic heterocycles. The Morgan fingerprint density at radius 2 is 1.81 bits per heavy atom. The van der Waals surface area contributed by atoms with Gasteiger partial charge in [0, 0.05) is 0 Å². The van der Waals surface area contributed by atoms with Crippen molar-refractivity contribution in [3.05, 3.63) is 35.5 Å². The Bertz CT molecular complexity index is 434. The third-order valence-corrected chi connectivity index (χ3v) is 7.50. The van der Waals surface area contributed by atoms with Crippen LogP contribution in [0.1, 0.15) is 46.5 Å².